The smallest absolute Gasteiger partial charge is 0.315 e. The monoisotopic (exact) mass is 327 g/mol. The molecule has 0 bridgehead atoms. The van der Waals surface area contributed by atoms with Crippen LogP contribution in [-0.2, 0) is 19.5 Å². The fourth-order valence-electron chi connectivity index (χ4n) is 3.19. The topological polar surface area (TPSA) is 73.0 Å². The van der Waals surface area contributed by atoms with Gasteiger partial charge < -0.3 is 10.6 Å². The van der Waals surface area contributed by atoms with Crippen molar-refractivity contribution >= 4 is 6.03 Å². The van der Waals surface area contributed by atoms with E-state index in [1.54, 1.807) is 6.20 Å². The highest BCUT2D eigenvalue weighted by Gasteiger charge is 2.22. The molecule has 6 nitrogen and oxygen atoms in total. The van der Waals surface area contributed by atoms with Crippen LogP contribution in [0.5, 0.6) is 0 Å². The number of aromatic amines is 1. The summed E-state index contributed by atoms with van der Waals surface area (Å²) >= 11 is 0. The molecule has 1 atom stereocenters. The van der Waals surface area contributed by atoms with Crippen LogP contribution < -0.4 is 10.6 Å². The van der Waals surface area contributed by atoms with Crippen molar-refractivity contribution in [2.45, 2.75) is 38.9 Å². The largest absolute Gasteiger partial charge is 0.337 e. The van der Waals surface area contributed by atoms with E-state index in [1.807, 2.05) is 6.07 Å². The lowest BCUT2D eigenvalue weighted by Gasteiger charge is -2.35. The van der Waals surface area contributed by atoms with Crippen LogP contribution in [0, 0.1) is 0 Å². The SMILES string of the molecule is CC[C@@H](CNC(=O)NCc1ccn[nH]1)N1CCc2ccccc2C1. The highest BCUT2D eigenvalue weighted by atomic mass is 16.2. The average molecular weight is 327 g/mol. The molecule has 24 heavy (non-hydrogen) atoms. The van der Waals surface area contributed by atoms with Gasteiger partial charge in [0.25, 0.3) is 0 Å². The van der Waals surface area contributed by atoms with Crippen LogP contribution in [0.25, 0.3) is 0 Å². The van der Waals surface area contributed by atoms with E-state index in [2.05, 4.69) is 56.9 Å². The molecule has 0 spiro atoms. The molecule has 1 aliphatic heterocycles. The van der Waals surface area contributed by atoms with E-state index >= 15 is 0 Å². The Kier molecular flexibility index (Phi) is 5.48. The lowest BCUT2D eigenvalue weighted by atomic mass is 9.98. The molecule has 0 saturated carbocycles. The van der Waals surface area contributed by atoms with Crippen molar-refractivity contribution in [1.82, 2.24) is 25.7 Å². The highest BCUT2D eigenvalue weighted by Crippen LogP contribution is 2.21. The third-order valence-corrected chi connectivity index (χ3v) is 4.64. The number of benzene rings is 1. The summed E-state index contributed by atoms with van der Waals surface area (Å²) < 4.78 is 0. The fraction of sp³-hybridized carbons (Fsp3) is 0.444. The summed E-state index contributed by atoms with van der Waals surface area (Å²) in [5.74, 6) is 0. The van der Waals surface area contributed by atoms with E-state index in [0.29, 0.717) is 19.1 Å². The molecule has 3 rings (SSSR count). The summed E-state index contributed by atoms with van der Waals surface area (Å²) in [6.45, 7) is 5.31. The molecule has 128 valence electrons. The van der Waals surface area contributed by atoms with Crippen molar-refractivity contribution < 1.29 is 4.79 Å². The molecule has 2 amide bonds. The number of hydrogen-bond donors (Lipinski definition) is 3. The zero-order chi connectivity index (χ0) is 16.8. The zero-order valence-corrected chi connectivity index (χ0v) is 14.1. The lowest BCUT2D eigenvalue weighted by molar-refractivity contribution is 0.169. The summed E-state index contributed by atoms with van der Waals surface area (Å²) in [5, 5.41) is 12.5. The Bertz CT molecular complexity index is 655. The summed E-state index contributed by atoms with van der Waals surface area (Å²) in [6, 6.07) is 10.7. The summed E-state index contributed by atoms with van der Waals surface area (Å²) in [6.07, 6.45) is 3.78. The second-order valence-corrected chi connectivity index (χ2v) is 6.20. The van der Waals surface area contributed by atoms with Crippen LogP contribution in [0.4, 0.5) is 4.79 Å². The van der Waals surface area contributed by atoms with Crippen molar-refractivity contribution in [2.24, 2.45) is 0 Å². The maximum Gasteiger partial charge on any atom is 0.315 e. The number of nitrogens with one attached hydrogen (secondary N) is 3. The highest BCUT2D eigenvalue weighted by molar-refractivity contribution is 5.73. The quantitative estimate of drug-likeness (QED) is 0.760. The first-order valence-corrected chi connectivity index (χ1v) is 8.57. The standard InChI is InChI=1S/C18H25N5O/c1-2-17(12-20-18(24)19-11-16-7-9-21-22-16)23-10-8-14-5-3-4-6-15(14)13-23/h3-7,9,17H,2,8,10-13H2,1H3,(H,21,22)(H2,19,20,24)/t17-/m0/s1. The molecule has 0 radical (unpaired) electrons. The van der Waals surface area contributed by atoms with Crippen molar-refractivity contribution in [1.29, 1.82) is 0 Å². The van der Waals surface area contributed by atoms with Crippen molar-refractivity contribution in [3.8, 4) is 0 Å². The molecule has 2 aromatic rings. The molecule has 1 aliphatic rings. The third kappa shape index (κ3) is 4.14. The van der Waals surface area contributed by atoms with E-state index in [-0.39, 0.29) is 6.03 Å². The number of carbonyl (C=O) groups is 1. The number of fused-ring (bicyclic) bond motifs is 1. The van der Waals surface area contributed by atoms with E-state index in [4.69, 9.17) is 0 Å². The van der Waals surface area contributed by atoms with Gasteiger partial charge in [-0.15, -0.1) is 0 Å². The average Bonchev–Trinajstić information content (AvgIpc) is 3.14. The zero-order valence-electron chi connectivity index (χ0n) is 14.1. The molecule has 1 aromatic heterocycles. The number of carbonyl (C=O) groups excluding carboxylic acids is 1. The number of rotatable bonds is 6. The number of amides is 2. The van der Waals surface area contributed by atoms with Crippen LogP contribution in [0.2, 0.25) is 0 Å². The second-order valence-electron chi connectivity index (χ2n) is 6.20. The van der Waals surface area contributed by atoms with Crippen LogP contribution in [-0.4, -0.2) is 40.3 Å². The first-order chi connectivity index (χ1) is 11.8. The van der Waals surface area contributed by atoms with Gasteiger partial charge in [-0.3, -0.25) is 10.00 Å². The summed E-state index contributed by atoms with van der Waals surface area (Å²) in [7, 11) is 0. The number of aromatic nitrogens is 2. The number of H-pyrrole nitrogens is 1. The summed E-state index contributed by atoms with van der Waals surface area (Å²) in [5.41, 5.74) is 3.75. The van der Waals surface area contributed by atoms with Gasteiger partial charge in [-0.25, -0.2) is 4.79 Å². The van der Waals surface area contributed by atoms with Crippen molar-refractivity contribution in [3.05, 3.63) is 53.3 Å². The molecule has 0 unspecified atom stereocenters. The second kappa shape index (κ2) is 7.97. The first-order valence-electron chi connectivity index (χ1n) is 8.57. The molecular weight excluding hydrogens is 302 g/mol. The molecule has 0 aliphatic carbocycles. The maximum absolute atomic E-state index is 12.0. The third-order valence-electron chi connectivity index (χ3n) is 4.64. The Morgan fingerprint density at radius 1 is 1.29 bits per heavy atom. The van der Waals surface area contributed by atoms with Crippen LogP contribution in [0.3, 0.4) is 0 Å². The van der Waals surface area contributed by atoms with Crippen LogP contribution in [0.15, 0.2) is 36.5 Å². The minimum absolute atomic E-state index is 0.138. The Morgan fingerprint density at radius 3 is 2.88 bits per heavy atom. The van der Waals surface area contributed by atoms with Crippen LogP contribution >= 0.6 is 0 Å². The fourth-order valence-corrected chi connectivity index (χ4v) is 3.19. The van der Waals surface area contributed by atoms with Gasteiger partial charge in [0.1, 0.15) is 0 Å². The number of urea groups is 1. The van der Waals surface area contributed by atoms with Gasteiger partial charge in [0.05, 0.1) is 12.2 Å². The van der Waals surface area contributed by atoms with E-state index < -0.39 is 0 Å². The van der Waals surface area contributed by atoms with Gasteiger partial charge in [0, 0.05) is 31.9 Å². The van der Waals surface area contributed by atoms with E-state index in [0.717, 1.165) is 31.6 Å². The van der Waals surface area contributed by atoms with E-state index in [1.165, 1.54) is 11.1 Å². The predicted octanol–water partition coefficient (Wildman–Crippen LogP) is 2.05. The Balaban J connectivity index is 1.47. The molecule has 2 heterocycles. The molecule has 6 heteroatoms. The first kappa shape index (κ1) is 16.5. The van der Waals surface area contributed by atoms with Gasteiger partial charge in [-0.05, 0) is 30.0 Å². The van der Waals surface area contributed by atoms with Gasteiger partial charge in [-0.1, -0.05) is 31.2 Å². The number of hydrogen-bond acceptors (Lipinski definition) is 3. The maximum atomic E-state index is 12.0. The Labute approximate surface area is 142 Å². The Morgan fingerprint density at radius 2 is 2.12 bits per heavy atom. The number of nitrogens with zero attached hydrogens (tertiary/aromatic N) is 2. The van der Waals surface area contributed by atoms with Gasteiger partial charge in [-0.2, -0.15) is 5.10 Å². The van der Waals surface area contributed by atoms with Crippen molar-refractivity contribution in [2.75, 3.05) is 13.1 Å². The molecule has 1 aromatic carbocycles. The summed E-state index contributed by atoms with van der Waals surface area (Å²) in [4.78, 5) is 14.4. The molecule has 3 N–H and O–H groups in total. The van der Waals surface area contributed by atoms with Gasteiger partial charge in [0.15, 0.2) is 0 Å². The molecular formula is C18H25N5O. The Hall–Kier alpha value is -2.34. The van der Waals surface area contributed by atoms with Crippen molar-refractivity contribution in [3.63, 3.8) is 0 Å². The lowest BCUT2D eigenvalue weighted by Crippen LogP contribution is -2.47. The minimum Gasteiger partial charge on any atom is -0.337 e. The van der Waals surface area contributed by atoms with E-state index in [9.17, 15) is 4.79 Å². The minimum atomic E-state index is -0.138. The van der Waals surface area contributed by atoms with Crippen LogP contribution in [0.1, 0.15) is 30.2 Å². The predicted molar refractivity (Wildman–Crippen MR) is 93.5 cm³/mol. The molecule has 0 saturated heterocycles. The van der Waals surface area contributed by atoms with Gasteiger partial charge >= 0.3 is 6.03 Å². The normalized spacial score (nSPS) is 15.5. The van der Waals surface area contributed by atoms with Gasteiger partial charge in [0.2, 0.25) is 0 Å². The molecule has 0 fully saturated rings.